The Bertz CT molecular complexity index is 5230. The van der Waals surface area contributed by atoms with Crippen LogP contribution in [0.15, 0.2) is 262 Å². The van der Waals surface area contributed by atoms with Crippen molar-refractivity contribution in [3.63, 3.8) is 0 Å². The number of aliphatic hydroxyl groups is 1. The second-order valence-electron chi connectivity index (χ2n) is 21.1. The number of carbonyl (C=O) groups is 1. The summed E-state index contributed by atoms with van der Waals surface area (Å²) in [6.45, 7) is 0. The molecule has 0 bridgehead atoms. The van der Waals surface area contributed by atoms with Gasteiger partial charge in [0.15, 0.2) is 5.78 Å². The molecule has 4 aromatic heterocycles. The molecule has 18 rings (SSSR count). The van der Waals surface area contributed by atoms with Crippen LogP contribution < -0.4 is 0 Å². The molecule has 1 N–H and O–H groups in total. The van der Waals surface area contributed by atoms with Crippen molar-refractivity contribution in [2.75, 3.05) is 0 Å². The molecule has 85 heavy (non-hydrogen) atoms. The van der Waals surface area contributed by atoms with E-state index in [2.05, 4.69) is 213 Å². The summed E-state index contributed by atoms with van der Waals surface area (Å²) >= 11 is 22.3. The molecule has 0 fully saturated rings. The van der Waals surface area contributed by atoms with E-state index in [0.717, 1.165) is 142 Å². The minimum Gasteiger partial charge on any atom is -0.455 e. The second kappa shape index (κ2) is 20.7. The molecule has 0 saturated heterocycles. The van der Waals surface area contributed by atoms with Gasteiger partial charge in [0.05, 0.1) is 0 Å². The third kappa shape index (κ3) is 8.19. The fourth-order valence-electron chi connectivity index (χ4n) is 12.9. The van der Waals surface area contributed by atoms with E-state index in [-0.39, 0.29) is 5.78 Å². The minimum absolute atomic E-state index is 0.0445. The molecule has 1 unspecified atom stereocenters. The predicted molar refractivity (Wildman–Crippen MR) is 372 cm³/mol. The van der Waals surface area contributed by atoms with Gasteiger partial charge in [-0.3, -0.25) is 4.79 Å². The average molecular weight is 1460 g/mol. The van der Waals surface area contributed by atoms with Gasteiger partial charge in [-0.05, 0) is 109 Å². The predicted octanol–water partition coefficient (Wildman–Crippen LogP) is 24.2. The van der Waals surface area contributed by atoms with Crippen LogP contribution in [0.2, 0.25) is 0 Å². The van der Waals surface area contributed by atoms with E-state index in [0.29, 0.717) is 5.56 Å². The third-order valence-electron chi connectivity index (χ3n) is 16.5. The summed E-state index contributed by atoms with van der Waals surface area (Å²) in [4.78, 5) is 13.4. The van der Waals surface area contributed by atoms with Crippen LogP contribution in [-0.2, 0) is 5.60 Å². The molecule has 4 heterocycles. The fraction of sp³-hybridized carbons (Fsp3) is 0.0135. The van der Waals surface area contributed by atoms with E-state index >= 15 is 0 Å². The smallest absolute Gasteiger partial charge is 0.194 e. The maximum absolute atomic E-state index is 13.4. The number of thiophene rings is 2. The van der Waals surface area contributed by atoms with Crippen LogP contribution in [0.25, 0.3) is 129 Å². The molecular weight excluding hydrogens is 1420 g/mol. The van der Waals surface area contributed by atoms with Crippen LogP contribution in [0.3, 0.4) is 0 Å². The molecule has 16 aromatic rings. The first kappa shape index (κ1) is 53.2. The van der Waals surface area contributed by atoms with Crippen molar-refractivity contribution in [3.05, 3.63) is 281 Å². The van der Waals surface area contributed by atoms with Crippen molar-refractivity contribution in [2.45, 2.75) is 5.60 Å². The highest BCUT2D eigenvalue weighted by atomic mass is 79.9. The van der Waals surface area contributed by atoms with E-state index in [1.807, 2.05) is 97.1 Å². The molecule has 11 heteroatoms. The van der Waals surface area contributed by atoms with Crippen molar-refractivity contribution in [1.82, 2.24) is 0 Å². The van der Waals surface area contributed by atoms with Crippen LogP contribution in [-0.4, -0.2) is 10.9 Å². The maximum Gasteiger partial charge on any atom is 0.194 e. The molecule has 406 valence electrons. The summed E-state index contributed by atoms with van der Waals surface area (Å²) < 4.78 is 22.6. The number of furan rings is 2. The number of para-hydroxylation sites is 2. The van der Waals surface area contributed by atoms with Gasteiger partial charge in [-0.15, -0.1) is 22.7 Å². The highest BCUT2D eigenvalue weighted by molar-refractivity contribution is 9.11. The van der Waals surface area contributed by atoms with Crippen LogP contribution in [0.4, 0.5) is 0 Å². The number of fused-ring (bicyclic) bond motifs is 22. The summed E-state index contributed by atoms with van der Waals surface area (Å²) in [6, 6.07) is 78.3. The van der Waals surface area contributed by atoms with E-state index in [9.17, 15) is 9.90 Å². The van der Waals surface area contributed by atoms with Gasteiger partial charge in [0.1, 0.15) is 27.9 Å². The molecular formula is C74H39Br5O4S2. The molecule has 0 radical (unpaired) electrons. The summed E-state index contributed by atoms with van der Waals surface area (Å²) in [6.07, 6.45) is 0. The molecule has 0 saturated carbocycles. The van der Waals surface area contributed by atoms with Crippen LogP contribution in [0.1, 0.15) is 32.6 Å². The number of ketones is 1. The molecule has 1 atom stereocenters. The van der Waals surface area contributed by atoms with Crippen LogP contribution in [0, 0.1) is 0 Å². The first-order valence-electron chi connectivity index (χ1n) is 27.4. The molecule has 4 nitrogen and oxygen atoms in total. The second-order valence-corrected chi connectivity index (χ2v) is 27.5. The van der Waals surface area contributed by atoms with E-state index in [4.69, 9.17) is 8.83 Å². The fourth-order valence-corrected chi connectivity index (χ4v) is 18.8. The summed E-state index contributed by atoms with van der Waals surface area (Å²) in [5, 5.41) is 22.2. The number of hydrogen-bond acceptors (Lipinski definition) is 6. The number of halogens is 5. The SMILES string of the molecule is Brc1ccccc1-c1ccccc1.O=C1c2cc(Br)c3c(oc4ccccc43)c2-c2c1cc(Br)c1c2sc2ccccc21.OC1(c2ccccc2-c2ccccc2)c2cc(Br)c3c(oc4ccccc43)c2-c2c1cc(Br)c1c2sc2ccccc21. The van der Waals surface area contributed by atoms with Gasteiger partial charge >= 0.3 is 0 Å². The lowest BCUT2D eigenvalue weighted by molar-refractivity contribution is 0.104. The van der Waals surface area contributed by atoms with Crippen LogP contribution in [0.5, 0.6) is 0 Å². The van der Waals surface area contributed by atoms with Crippen molar-refractivity contribution < 1.29 is 18.7 Å². The van der Waals surface area contributed by atoms with Gasteiger partial charge in [0.2, 0.25) is 0 Å². The standard InChI is InChI=1S/C37H20Br2O2S.C25H10Br2O2S.C12H9Br/c38-27-18-25-33(35-31(27)22-13-5-8-16-29(22)41-35)34-26(19-28(39)32-23-14-6-9-17-30(23)42-36(32)34)37(25,40)24-15-7-4-12-21(24)20-10-2-1-3-11-20;26-15-9-13-21(24-19(15)11-5-1-3-7-17(11)29-24)22-14(23(13)28)10-16(27)20-12-6-2-4-8-18(12)30-25(20)22;13-12-9-5-4-8-11(12)10-6-2-1-3-7-10/h1-19,40H;1-10H;1-9H. The third-order valence-corrected chi connectivity index (χ3v) is 22.1. The summed E-state index contributed by atoms with van der Waals surface area (Å²) in [5.74, 6) is 0.0445. The van der Waals surface area contributed by atoms with Crippen molar-refractivity contribution >= 4 is 192 Å². The molecule has 0 aliphatic heterocycles. The van der Waals surface area contributed by atoms with Gasteiger partial charge in [0.25, 0.3) is 0 Å². The normalized spacial score (nSPS) is 14.1. The van der Waals surface area contributed by atoms with Gasteiger partial charge < -0.3 is 13.9 Å². The number of benzene rings is 12. The van der Waals surface area contributed by atoms with Gasteiger partial charge in [0, 0.05) is 134 Å². The van der Waals surface area contributed by atoms with Gasteiger partial charge in [-0.25, -0.2) is 0 Å². The Morgan fingerprint density at radius 1 is 0.341 bits per heavy atom. The van der Waals surface area contributed by atoms with Crippen molar-refractivity contribution in [1.29, 1.82) is 0 Å². The van der Waals surface area contributed by atoms with Crippen molar-refractivity contribution in [3.8, 4) is 44.5 Å². The molecule has 2 aliphatic carbocycles. The zero-order valence-electron chi connectivity index (χ0n) is 44.3. The van der Waals surface area contributed by atoms with E-state index in [1.165, 1.54) is 31.3 Å². The van der Waals surface area contributed by atoms with E-state index < -0.39 is 5.60 Å². The Labute approximate surface area is 536 Å². The molecule has 12 aromatic carbocycles. The lowest BCUT2D eigenvalue weighted by Crippen LogP contribution is -2.27. The highest BCUT2D eigenvalue weighted by Gasteiger charge is 2.48. The molecule has 2 aliphatic rings. The topological polar surface area (TPSA) is 63.6 Å². The Morgan fingerprint density at radius 3 is 1.34 bits per heavy atom. The largest absolute Gasteiger partial charge is 0.455 e. The first-order chi connectivity index (χ1) is 41.6. The summed E-state index contributed by atoms with van der Waals surface area (Å²) in [7, 11) is 0. The number of hydrogen-bond donors (Lipinski definition) is 1. The monoisotopic (exact) mass is 1450 g/mol. The number of rotatable bonds is 3. The summed E-state index contributed by atoms with van der Waals surface area (Å²) in [5.41, 5.74) is 14.1. The van der Waals surface area contributed by atoms with Crippen LogP contribution >= 0.6 is 102 Å². The Kier molecular flexibility index (Phi) is 13.0. The quantitative estimate of drug-likeness (QED) is 0.191. The maximum atomic E-state index is 13.4. The zero-order chi connectivity index (χ0) is 57.4. The Morgan fingerprint density at radius 2 is 0.753 bits per heavy atom. The molecule has 0 spiro atoms. The number of carbonyl (C=O) groups excluding carboxylic acids is 1. The molecule has 0 amide bonds. The van der Waals surface area contributed by atoms with Crippen molar-refractivity contribution in [2.24, 2.45) is 0 Å². The van der Waals surface area contributed by atoms with E-state index in [1.54, 1.807) is 22.7 Å². The minimum atomic E-state index is -1.43. The Balaban J connectivity index is 0.000000118. The highest BCUT2D eigenvalue weighted by Crippen LogP contribution is 2.61. The zero-order valence-corrected chi connectivity index (χ0v) is 53.9. The average Bonchev–Trinajstić information content (AvgIpc) is 1.58. The van der Waals surface area contributed by atoms with Gasteiger partial charge in [-0.2, -0.15) is 0 Å². The lowest BCUT2D eigenvalue weighted by atomic mass is 9.80. The Hall–Kier alpha value is -7.29. The first-order valence-corrected chi connectivity index (χ1v) is 32.9. The lowest BCUT2D eigenvalue weighted by Gasteiger charge is -2.29. The van der Waals surface area contributed by atoms with Gasteiger partial charge in [-0.1, -0.05) is 224 Å².